The summed E-state index contributed by atoms with van der Waals surface area (Å²) < 4.78 is 5.38. The number of carbonyl (C=O) groups excluding carboxylic acids is 2. The molecule has 0 aliphatic heterocycles. The summed E-state index contributed by atoms with van der Waals surface area (Å²) in [5.41, 5.74) is -0.869. The molecule has 1 aromatic carbocycles. The number of amides is 2. The van der Waals surface area contributed by atoms with Crippen molar-refractivity contribution in [3.05, 3.63) is 29.8 Å². The minimum atomic E-state index is -1.20. The lowest BCUT2D eigenvalue weighted by Crippen LogP contribution is -2.54. The van der Waals surface area contributed by atoms with E-state index in [1.165, 1.54) is 0 Å². The van der Waals surface area contributed by atoms with E-state index in [4.69, 9.17) is 4.74 Å². The lowest BCUT2D eigenvalue weighted by molar-refractivity contribution is -0.147. The van der Waals surface area contributed by atoms with Crippen LogP contribution in [0.5, 0.6) is 5.75 Å². The van der Waals surface area contributed by atoms with Crippen molar-refractivity contribution in [2.24, 2.45) is 0 Å². The highest BCUT2D eigenvalue weighted by molar-refractivity contribution is 5.99. The molecule has 130 valence electrons. The van der Waals surface area contributed by atoms with E-state index < -0.39 is 23.3 Å². The average molecular weight is 334 g/mol. The zero-order valence-corrected chi connectivity index (χ0v) is 13.6. The molecule has 24 heavy (non-hydrogen) atoms. The number of carbonyl (C=O) groups is 3. The Morgan fingerprint density at radius 1 is 1.21 bits per heavy atom. The molecule has 1 saturated carbocycles. The molecule has 0 aromatic heterocycles. The van der Waals surface area contributed by atoms with E-state index in [1.807, 2.05) is 6.92 Å². The van der Waals surface area contributed by atoms with E-state index in [0.29, 0.717) is 30.8 Å². The number of benzene rings is 1. The Hall–Kier alpha value is -2.57. The molecule has 0 unspecified atom stereocenters. The number of ether oxygens (including phenoxy) is 1. The summed E-state index contributed by atoms with van der Waals surface area (Å²) in [4.78, 5) is 35.7. The second-order valence-corrected chi connectivity index (χ2v) is 5.75. The summed E-state index contributed by atoms with van der Waals surface area (Å²) in [6.07, 6.45) is 2.35. The smallest absolute Gasteiger partial charge is 0.329 e. The number of hydrogen-bond donors (Lipinski definition) is 3. The Bertz CT molecular complexity index is 623. The molecule has 7 nitrogen and oxygen atoms in total. The van der Waals surface area contributed by atoms with Crippen LogP contribution < -0.4 is 15.4 Å². The van der Waals surface area contributed by atoms with Gasteiger partial charge in [-0.1, -0.05) is 25.0 Å². The Morgan fingerprint density at radius 2 is 1.88 bits per heavy atom. The van der Waals surface area contributed by atoms with Gasteiger partial charge in [-0.25, -0.2) is 4.79 Å². The van der Waals surface area contributed by atoms with Crippen molar-refractivity contribution >= 4 is 17.8 Å². The van der Waals surface area contributed by atoms with E-state index in [0.717, 1.165) is 12.8 Å². The fourth-order valence-electron chi connectivity index (χ4n) is 2.87. The quantitative estimate of drug-likeness (QED) is 0.698. The van der Waals surface area contributed by atoms with Gasteiger partial charge in [-0.3, -0.25) is 9.59 Å². The van der Waals surface area contributed by atoms with Gasteiger partial charge < -0.3 is 20.5 Å². The minimum Gasteiger partial charge on any atom is -0.493 e. The van der Waals surface area contributed by atoms with E-state index >= 15 is 0 Å². The highest BCUT2D eigenvalue weighted by atomic mass is 16.5. The molecule has 0 heterocycles. The molecule has 0 bridgehead atoms. The SMILES string of the molecule is CCOc1ccccc1C(=O)NCC(=O)NC1(C(=O)O)CCCC1. The maximum absolute atomic E-state index is 12.2. The number of para-hydroxylation sites is 1. The Labute approximate surface area is 140 Å². The molecule has 1 aliphatic carbocycles. The second-order valence-electron chi connectivity index (χ2n) is 5.75. The van der Waals surface area contributed by atoms with Gasteiger partial charge in [0.15, 0.2) is 0 Å². The van der Waals surface area contributed by atoms with Crippen LogP contribution in [0.3, 0.4) is 0 Å². The fraction of sp³-hybridized carbons (Fsp3) is 0.471. The van der Waals surface area contributed by atoms with E-state index in [1.54, 1.807) is 24.3 Å². The van der Waals surface area contributed by atoms with Crippen LogP contribution in [0.15, 0.2) is 24.3 Å². The first-order valence-electron chi connectivity index (χ1n) is 8.03. The first kappa shape index (κ1) is 17.8. The first-order valence-corrected chi connectivity index (χ1v) is 8.03. The summed E-state index contributed by atoms with van der Waals surface area (Å²) >= 11 is 0. The molecule has 1 aliphatic rings. The largest absolute Gasteiger partial charge is 0.493 e. The Morgan fingerprint density at radius 3 is 2.50 bits per heavy atom. The maximum Gasteiger partial charge on any atom is 0.329 e. The number of rotatable bonds is 7. The molecule has 0 radical (unpaired) electrons. The van der Waals surface area contributed by atoms with Crippen LogP contribution in [-0.4, -0.2) is 41.6 Å². The predicted molar refractivity (Wildman–Crippen MR) is 86.9 cm³/mol. The van der Waals surface area contributed by atoms with Gasteiger partial charge >= 0.3 is 5.97 Å². The van der Waals surface area contributed by atoms with Crippen molar-refractivity contribution in [3.8, 4) is 5.75 Å². The van der Waals surface area contributed by atoms with E-state index in [-0.39, 0.29) is 6.54 Å². The van der Waals surface area contributed by atoms with E-state index in [9.17, 15) is 19.5 Å². The van der Waals surface area contributed by atoms with Gasteiger partial charge in [0, 0.05) is 0 Å². The summed E-state index contributed by atoms with van der Waals surface area (Å²) in [6.45, 7) is 1.95. The number of hydrogen-bond acceptors (Lipinski definition) is 4. The summed E-state index contributed by atoms with van der Waals surface area (Å²) in [5, 5.41) is 14.4. The lowest BCUT2D eigenvalue weighted by atomic mass is 9.98. The van der Waals surface area contributed by atoms with Crippen molar-refractivity contribution in [3.63, 3.8) is 0 Å². The zero-order valence-electron chi connectivity index (χ0n) is 13.6. The van der Waals surface area contributed by atoms with Crippen molar-refractivity contribution in [2.45, 2.75) is 38.1 Å². The van der Waals surface area contributed by atoms with Gasteiger partial charge in [0.05, 0.1) is 18.7 Å². The molecule has 3 N–H and O–H groups in total. The number of aliphatic carboxylic acids is 1. The van der Waals surface area contributed by atoms with Crippen LogP contribution in [0.1, 0.15) is 43.0 Å². The van der Waals surface area contributed by atoms with E-state index in [2.05, 4.69) is 10.6 Å². The van der Waals surface area contributed by atoms with Gasteiger partial charge in [-0.05, 0) is 31.9 Å². The van der Waals surface area contributed by atoms with Crippen molar-refractivity contribution in [2.75, 3.05) is 13.2 Å². The maximum atomic E-state index is 12.2. The molecule has 2 rings (SSSR count). The molecule has 0 saturated heterocycles. The number of carboxylic acids is 1. The first-order chi connectivity index (χ1) is 11.5. The number of nitrogens with one attached hydrogen (secondary N) is 2. The molecule has 1 aromatic rings. The molecule has 1 fully saturated rings. The van der Waals surface area contributed by atoms with Gasteiger partial charge in [-0.2, -0.15) is 0 Å². The summed E-state index contributed by atoms with van der Waals surface area (Å²) in [7, 11) is 0. The Kier molecular flexibility index (Phi) is 5.78. The van der Waals surface area contributed by atoms with Crippen LogP contribution in [0.25, 0.3) is 0 Å². The molecular formula is C17H22N2O5. The zero-order chi connectivity index (χ0) is 17.6. The average Bonchev–Trinajstić information content (AvgIpc) is 3.03. The van der Waals surface area contributed by atoms with Gasteiger partial charge in [-0.15, -0.1) is 0 Å². The predicted octanol–water partition coefficient (Wildman–Crippen LogP) is 1.33. The standard InChI is InChI=1S/C17H22N2O5/c1-2-24-13-8-4-3-7-12(13)15(21)18-11-14(20)19-17(16(22)23)9-5-6-10-17/h3-4,7-8H,2,5-6,9-11H2,1H3,(H,18,21)(H,19,20)(H,22,23). The van der Waals surface area contributed by atoms with Gasteiger partial charge in [0.1, 0.15) is 11.3 Å². The third kappa shape index (κ3) is 4.04. The molecule has 0 atom stereocenters. The highest BCUT2D eigenvalue weighted by Crippen LogP contribution is 2.29. The molecular weight excluding hydrogens is 312 g/mol. The van der Waals surface area contributed by atoms with Crippen LogP contribution in [0.2, 0.25) is 0 Å². The Balaban J connectivity index is 1.94. The highest BCUT2D eigenvalue weighted by Gasteiger charge is 2.42. The third-order valence-corrected chi connectivity index (χ3v) is 4.09. The lowest BCUT2D eigenvalue weighted by Gasteiger charge is -2.25. The van der Waals surface area contributed by atoms with Crippen LogP contribution in [-0.2, 0) is 9.59 Å². The molecule has 0 spiro atoms. The van der Waals surface area contributed by atoms with Crippen molar-refractivity contribution < 1.29 is 24.2 Å². The van der Waals surface area contributed by atoms with Crippen LogP contribution in [0.4, 0.5) is 0 Å². The monoisotopic (exact) mass is 334 g/mol. The van der Waals surface area contributed by atoms with Gasteiger partial charge in [0.25, 0.3) is 5.91 Å². The topological polar surface area (TPSA) is 105 Å². The fourth-order valence-corrected chi connectivity index (χ4v) is 2.87. The summed E-state index contributed by atoms with van der Waals surface area (Å²) in [6, 6.07) is 6.74. The van der Waals surface area contributed by atoms with Gasteiger partial charge in [0.2, 0.25) is 5.91 Å². The second kappa shape index (κ2) is 7.81. The van der Waals surface area contributed by atoms with Crippen molar-refractivity contribution in [1.82, 2.24) is 10.6 Å². The third-order valence-electron chi connectivity index (χ3n) is 4.09. The summed E-state index contributed by atoms with van der Waals surface area (Å²) in [5.74, 6) is -1.54. The normalized spacial score (nSPS) is 15.5. The molecule has 2 amide bonds. The number of carboxylic acid groups (broad SMARTS) is 1. The van der Waals surface area contributed by atoms with Crippen molar-refractivity contribution in [1.29, 1.82) is 0 Å². The van der Waals surface area contributed by atoms with Crippen LogP contribution >= 0.6 is 0 Å². The minimum absolute atomic E-state index is 0.283. The van der Waals surface area contributed by atoms with Crippen LogP contribution in [0, 0.1) is 0 Å². The molecule has 7 heteroatoms.